The van der Waals surface area contributed by atoms with Crippen LogP contribution >= 0.6 is 0 Å². The highest BCUT2D eigenvalue weighted by Gasteiger charge is 2.12. The molecule has 126 valence electrons. The molecule has 0 saturated carbocycles. The first-order chi connectivity index (χ1) is 11.0. The maximum absolute atomic E-state index is 5.37. The molecule has 0 aliphatic rings. The van der Waals surface area contributed by atoms with Crippen LogP contribution in [0.3, 0.4) is 0 Å². The summed E-state index contributed by atoms with van der Waals surface area (Å²) >= 11 is 0. The van der Waals surface area contributed by atoms with Gasteiger partial charge in [0.2, 0.25) is 0 Å². The van der Waals surface area contributed by atoms with Crippen LogP contribution in [0, 0.1) is 11.5 Å². The van der Waals surface area contributed by atoms with E-state index in [0.29, 0.717) is 5.92 Å². The average molecular weight is 329 g/mol. The Kier molecular flexibility index (Phi) is 8.80. The van der Waals surface area contributed by atoms with Gasteiger partial charge in [-0.15, -0.1) is 11.5 Å². The molecule has 2 heteroatoms. The molecule has 0 radical (unpaired) electrons. The molecule has 1 rings (SSSR count). The van der Waals surface area contributed by atoms with Crippen LogP contribution < -0.4 is 4.74 Å². The van der Waals surface area contributed by atoms with Crippen molar-refractivity contribution >= 4 is 8.07 Å². The number of methoxy groups -OCH3 is 1. The van der Waals surface area contributed by atoms with E-state index in [-0.39, 0.29) is 0 Å². The number of hydrogen-bond acceptors (Lipinski definition) is 1. The zero-order valence-electron chi connectivity index (χ0n) is 15.5. The molecule has 0 aliphatic carbocycles. The van der Waals surface area contributed by atoms with Crippen LogP contribution in [0.25, 0.3) is 0 Å². The molecule has 0 aromatic heterocycles. The molecule has 0 heterocycles. The molecule has 0 unspecified atom stereocenters. The summed E-state index contributed by atoms with van der Waals surface area (Å²) in [5.74, 6) is 4.82. The number of ether oxygens (including phenoxy) is 1. The maximum atomic E-state index is 5.37. The lowest BCUT2D eigenvalue weighted by Crippen LogP contribution is -2.17. The van der Waals surface area contributed by atoms with Crippen LogP contribution in [0.5, 0.6) is 5.75 Å². The van der Waals surface area contributed by atoms with Crippen LogP contribution in [0.4, 0.5) is 0 Å². The van der Waals surface area contributed by atoms with Gasteiger partial charge in [-0.05, 0) is 43.4 Å². The van der Waals surface area contributed by atoms with E-state index in [2.05, 4.69) is 68.4 Å². The lowest BCUT2D eigenvalue weighted by atomic mass is 9.94. The number of benzene rings is 1. The van der Waals surface area contributed by atoms with Crippen molar-refractivity contribution in [2.75, 3.05) is 7.11 Å². The third-order valence-electron chi connectivity index (χ3n) is 3.63. The predicted octanol–water partition coefficient (Wildman–Crippen LogP) is 6.19. The van der Waals surface area contributed by atoms with Crippen molar-refractivity contribution in [1.82, 2.24) is 0 Å². The summed E-state index contributed by atoms with van der Waals surface area (Å²) in [6, 6.07) is 8.40. The summed E-state index contributed by atoms with van der Waals surface area (Å²) in [6.07, 6.45) is 10.5. The first-order valence-corrected chi connectivity index (χ1v) is 12.3. The van der Waals surface area contributed by atoms with Gasteiger partial charge in [0.1, 0.15) is 13.8 Å². The molecule has 0 N–H and O–H groups in total. The van der Waals surface area contributed by atoms with Crippen LogP contribution in [0.15, 0.2) is 36.4 Å². The molecule has 0 bridgehead atoms. The van der Waals surface area contributed by atoms with E-state index in [0.717, 1.165) is 18.6 Å². The van der Waals surface area contributed by atoms with Gasteiger partial charge in [0.25, 0.3) is 0 Å². The van der Waals surface area contributed by atoms with Gasteiger partial charge in [-0.1, -0.05) is 57.3 Å². The SMILES string of the molecule is CC/C=C\CCCC[C@@H](C#C[Si](C)(C)C)c1cccc(OC)c1. The zero-order chi connectivity index (χ0) is 17.1. The minimum absolute atomic E-state index is 0.326. The Hall–Kier alpha value is -1.46. The summed E-state index contributed by atoms with van der Waals surface area (Å²) < 4.78 is 5.37. The maximum Gasteiger partial charge on any atom is 0.129 e. The van der Waals surface area contributed by atoms with Gasteiger partial charge in [0.05, 0.1) is 7.11 Å². The molecule has 0 aliphatic heterocycles. The zero-order valence-corrected chi connectivity index (χ0v) is 16.5. The Morgan fingerprint density at radius 1 is 1.17 bits per heavy atom. The highest BCUT2D eigenvalue weighted by molar-refractivity contribution is 6.83. The standard InChI is InChI=1S/C21H32OSi/c1-6-7-8-9-10-11-13-19(16-17-23(3,4)5)20-14-12-15-21(18-20)22-2/h7-8,12,14-15,18-19H,6,9-11,13H2,1-5H3/b8-7-/t19-/m0/s1. The Balaban J connectivity index is 2.76. The van der Waals surface area contributed by atoms with E-state index in [1.807, 2.05) is 6.07 Å². The van der Waals surface area contributed by atoms with Gasteiger partial charge in [0.15, 0.2) is 0 Å². The molecule has 1 aromatic rings. The predicted molar refractivity (Wildman–Crippen MR) is 105 cm³/mol. The van der Waals surface area contributed by atoms with Gasteiger partial charge in [-0.3, -0.25) is 0 Å². The van der Waals surface area contributed by atoms with Gasteiger partial charge in [-0.25, -0.2) is 0 Å². The Bertz CT molecular complexity index is 543. The van der Waals surface area contributed by atoms with Crippen LogP contribution in [-0.4, -0.2) is 15.2 Å². The van der Waals surface area contributed by atoms with E-state index < -0.39 is 8.07 Å². The monoisotopic (exact) mass is 328 g/mol. The first-order valence-electron chi connectivity index (χ1n) is 8.78. The highest BCUT2D eigenvalue weighted by atomic mass is 28.3. The molecule has 23 heavy (non-hydrogen) atoms. The third kappa shape index (κ3) is 8.67. The Morgan fingerprint density at radius 3 is 2.61 bits per heavy atom. The summed E-state index contributed by atoms with van der Waals surface area (Å²) in [7, 11) is 0.381. The Morgan fingerprint density at radius 2 is 1.96 bits per heavy atom. The van der Waals surface area contributed by atoms with Crippen molar-refractivity contribution in [2.24, 2.45) is 0 Å². The largest absolute Gasteiger partial charge is 0.497 e. The second-order valence-corrected chi connectivity index (χ2v) is 11.8. The summed E-state index contributed by atoms with van der Waals surface area (Å²) in [5.41, 5.74) is 4.84. The Labute approximate surface area is 144 Å². The summed E-state index contributed by atoms with van der Waals surface area (Å²) in [6.45, 7) is 9.09. The molecule has 0 fully saturated rings. The fourth-order valence-corrected chi connectivity index (χ4v) is 2.99. The van der Waals surface area contributed by atoms with E-state index in [1.165, 1.54) is 24.8 Å². The second kappa shape index (κ2) is 10.3. The minimum atomic E-state index is -1.34. The molecular formula is C21H32OSi. The number of unbranched alkanes of at least 4 members (excludes halogenated alkanes) is 2. The number of hydrogen-bond donors (Lipinski definition) is 0. The smallest absolute Gasteiger partial charge is 0.129 e. The summed E-state index contributed by atoms with van der Waals surface area (Å²) in [4.78, 5) is 0. The van der Waals surface area contributed by atoms with Crippen molar-refractivity contribution in [3.63, 3.8) is 0 Å². The fraction of sp³-hybridized carbons (Fsp3) is 0.524. The van der Waals surface area contributed by atoms with Crippen LogP contribution in [0.1, 0.15) is 50.5 Å². The van der Waals surface area contributed by atoms with E-state index in [1.54, 1.807) is 7.11 Å². The average Bonchev–Trinajstić information content (AvgIpc) is 2.52. The second-order valence-electron chi connectivity index (χ2n) is 7.01. The molecular weight excluding hydrogens is 296 g/mol. The van der Waals surface area contributed by atoms with Gasteiger partial charge in [0, 0.05) is 5.92 Å². The fourth-order valence-electron chi connectivity index (χ4n) is 2.38. The van der Waals surface area contributed by atoms with Crippen molar-refractivity contribution < 1.29 is 4.74 Å². The van der Waals surface area contributed by atoms with E-state index in [9.17, 15) is 0 Å². The molecule has 0 amide bonds. The molecule has 1 nitrogen and oxygen atoms in total. The van der Waals surface area contributed by atoms with Crippen LogP contribution in [0.2, 0.25) is 19.6 Å². The van der Waals surface area contributed by atoms with Crippen molar-refractivity contribution in [1.29, 1.82) is 0 Å². The van der Waals surface area contributed by atoms with Crippen LogP contribution in [-0.2, 0) is 0 Å². The third-order valence-corrected chi connectivity index (χ3v) is 4.53. The lowest BCUT2D eigenvalue weighted by molar-refractivity contribution is 0.414. The van der Waals surface area contributed by atoms with Gasteiger partial charge in [-0.2, -0.15) is 0 Å². The van der Waals surface area contributed by atoms with Crippen molar-refractivity contribution in [3.05, 3.63) is 42.0 Å². The lowest BCUT2D eigenvalue weighted by Gasteiger charge is -2.14. The molecule has 0 saturated heterocycles. The highest BCUT2D eigenvalue weighted by Crippen LogP contribution is 2.25. The first kappa shape index (κ1) is 19.6. The van der Waals surface area contributed by atoms with Crippen molar-refractivity contribution in [2.45, 2.75) is 64.6 Å². The minimum Gasteiger partial charge on any atom is -0.497 e. The molecule has 0 spiro atoms. The number of rotatable bonds is 8. The summed E-state index contributed by atoms with van der Waals surface area (Å²) in [5, 5.41) is 0. The van der Waals surface area contributed by atoms with Crippen molar-refractivity contribution in [3.8, 4) is 17.2 Å². The normalized spacial score (nSPS) is 12.7. The van der Waals surface area contributed by atoms with E-state index >= 15 is 0 Å². The quantitative estimate of drug-likeness (QED) is 0.239. The topological polar surface area (TPSA) is 9.23 Å². The molecule has 1 atom stereocenters. The van der Waals surface area contributed by atoms with E-state index in [4.69, 9.17) is 4.74 Å². The van der Waals surface area contributed by atoms with Gasteiger partial charge >= 0.3 is 0 Å². The molecule has 1 aromatic carbocycles. The number of allylic oxidation sites excluding steroid dienone is 2. The van der Waals surface area contributed by atoms with Gasteiger partial charge < -0.3 is 4.74 Å².